The smallest absolute Gasteiger partial charge is 0.271 e. The number of carbonyl (C=O) groups excluding carboxylic acids is 1. The predicted octanol–water partition coefficient (Wildman–Crippen LogP) is 2.63. The van der Waals surface area contributed by atoms with Crippen LogP contribution in [0.4, 0.5) is 5.82 Å². The van der Waals surface area contributed by atoms with Gasteiger partial charge >= 0.3 is 0 Å². The molecule has 0 fully saturated rings. The van der Waals surface area contributed by atoms with Gasteiger partial charge in [0.15, 0.2) is 0 Å². The number of rotatable bonds is 4. The van der Waals surface area contributed by atoms with Crippen LogP contribution >= 0.6 is 22.9 Å². The molecule has 0 saturated heterocycles. The average molecular weight is 311 g/mol. The molecule has 0 atom stereocenters. The van der Waals surface area contributed by atoms with Gasteiger partial charge in [-0.2, -0.15) is 0 Å². The number of nitrogens with one attached hydrogen (secondary N) is 2. The molecule has 0 spiro atoms. The molecule has 4 N–H and O–H groups in total. The molecule has 0 radical (unpaired) electrons. The SMILES string of the molecule is Cc1cc(CNC(=O)c2nc(NN)ccc2Cl)sc1C. The summed E-state index contributed by atoms with van der Waals surface area (Å²) in [6.07, 6.45) is 0. The zero-order valence-electron chi connectivity index (χ0n) is 11.2. The third-order valence-corrected chi connectivity index (χ3v) is 4.31. The molecule has 20 heavy (non-hydrogen) atoms. The van der Waals surface area contributed by atoms with Crippen LogP contribution in [0.25, 0.3) is 0 Å². The summed E-state index contributed by atoms with van der Waals surface area (Å²) in [5.41, 5.74) is 3.77. The van der Waals surface area contributed by atoms with Gasteiger partial charge in [-0.05, 0) is 37.6 Å². The molecule has 0 unspecified atom stereocenters. The molecule has 2 aromatic heterocycles. The Balaban J connectivity index is 2.08. The van der Waals surface area contributed by atoms with Gasteiger partial charge in [0, 0.05) is 9.75 Å². The Labute approximate surface area is 126 Å². The van der Waals surface area contributed by atoms with E-state index in [0.29, 0.717) is 17.4 Å². The number of nitrogens with two attached hydrogens (primary N) is 1. The van der Waals surface area contributed by atoms with Crippen LogP contribution in [-0.2, 0) is 6.54 Å². The van der Waals surface area contributed by atoms with E-state index in [1.54, 1.807) is 23.5 Å². The fourth-order valence-corrected chi connectivity index (χ4v) is 2.85. The highest BCUT2D eigenvalue weighted by Crippen LogP contribution is 2.21. The van der Waals surface area contributed by atoms with Crippen LogP contribution < -0.4 is 16.6 Å². The second-order valence-corrected chi connectivity index (χ2v) is 6.05. The summed E-state index contributed by atoms with van der Waals surface area (Å²) in [5, 5.41) is 3.10. The van der Waals surface area contributed by atoms with Crippen molar-refractivity contribution in [2.75, 3.05) is 5.43 Å². The number of hydrogen-bond donors (Lipinski definition) is 3. The molecule has 2 heterocycles. The van der Waals surface area contributed by atoms with Gasteiger partial charge in [0.1, 0.15) is 11.5 Å². The molecule has 2 rings (SSSR count). The molecule has 5 nitrogen and oxygen atoms in total. The number of halogens is 1. The van der Waals surface area contributed by atoms with Crippen molar-refractivity contribution < 1.29 is 4.79 Å². The van der Waals surface area contributed by atoms with Gasteiger partial charge in [0.2, 0.25) is 0 Å². The molecule has 0 aliphatic carbocycles. The summed E-state index contributed by atoms with van der Waals surface area (Å²) in [5.74, 6) is 5.34. The Morgan fingerprint density at radius 2 is 2.20 bits per heavy atom. The summed E-state index contributed by atoms with van der Waals surface area (Å²) in [6.45, 7) is 4.56. The number of thiophene rings is 1. The van der Waals surface area contributed by atoms with Crippen molar-refractivity contribution in [2.24, 2.45) is 5.84 Å². The molecule has 7 heteroatoms. The number of aryl methyl sites for hydroxylation is 2. The third kappa shape index (κ3) is 3.27. The number of pyridine rings is 1. The standard InChI is InChI=1S/C13H15ClN4OS/c1-7-5-9(20-8(7)2)6-16-13(19)12-10(14)3-4-11(17-12)18-15/h3-5H,6,15H2,1-2H3,(H,16,19)(H,17,18). The minimum Gasteiger partial charge on any atom is -0.346 e. The number of aromatic nitrogens is 1. The second-order valence-electron chi connectivity index (χ2n) is 4.31. The average Bonchev–Trinajstić information content (AvgIpc) is 2.76. The van der Waals surface area contributed by atoms with Gasteiger partial charge < -0.3 is 10.7 Å². The number of carbonyl (C=O) groups is 1. The highest BCUT2D eigenvalue weighted by atomic mass is 35.5. The second kappa shape index (κ2) is 6.21. The zero-order valence-corrected chi connectivity index (χ0v) is 12.7. The minimum absolute atomic E-state index is 0.159. The molecule has 2 aromatic rings. The van der Waals surface area contributed by atoms with E-state index in [2.05, 4.69) is 28.7 Å². The first-order valence-corrected chi connectivity index (χ1v) is 7.18. The van der Waals surface area contributed by atoms with Crippen LogP contribution in [0.15, 0.2) is 18.2 Å². The van der Waals surface area contributed by atoms with Crippen LogP contribution in [0.5, 0.6) is 0 Å². The van der Waals surface area contributed by atoms with Crippen molar-refractivity contribution in [3.05, 3.63) is 44.2 Å². The van der Waals surface area contributed by atoms with Crippen LogP contribution in [0.2, 0.25) is 5.02 Å². The normalized spacial score (nSPS) is 10.4. The first kappa shape index (κ1) is 14.8. The predicted molar refractivity (Wildman–Crippen MR) is 82.0 cm³/mol. The molecule has 1 amide bonds. The monoisotopic (exact) mass is 310 g/mol. The molecule has 0 aliphatic rings. The summed E-state index contributed by atoms with van der Waals surface area (Å²) in [4.78, 5) is 18.5. The Morgan fingerprint density at radius 3 is 2.80 bits per heavy atom. The number of amides is 1. The van der Waals surface area contributed by atoms with Crippen LogP contribution in [0.1, 0.15) is 25.8 Å². The first-order chi connectivity index (χ1) is 9.51. The molecule has 0 aliphatic heterocycles. The lowest BCUT2D eigenvalue weighted by Gasteiger charge is -2.06. The summed E-state index contributed by atoms with van der Waals surface area (Å²) in [7, 11) is 0. The van der Waals surface area contributed by atoms with Gasteiger partial charge in [-0.1, -0.05) is 11.6 Å². The van der Waals surface area contributed by atoms with Crippen molar-refractivity contribution in [3.8, 4) is 0 Å². The van der Waals surface area contributed by atoms with Crippen molar-refractivity contribution >= 4 is 34.7 Å². The molecule has 0 saturated carbocycles. The fourth-order valence-electron chi connectivity index (χ4n) is 1.67. The molecule has 106 valence electrons. The van der Waals surface area contributed by atoms with E-state index in [-0.39, 0.29) is 11.6 Å². The molecular formula is C13H15ClN4OS. The highest BCUT2D eigenvalue weighted by Gasteiger charge is 2.13. The van der Waals surface area contributed by atoms with E-state index in [1.807, 2.05) is 6.92 Å². The molecular weight excluding hydrogens is 296 g/mol. The number of hydrogen-bond acceptors (Lipinski definition) is 5. The quantitative estimate of drug-likeness (QED) is 0.599. The fraction of sp³-hybridized carbons (Fsp3) is 0.231. The minimum atomic E-state index is -0.323. The van der Waals surface area contributed by atoms with E-state index in [0.717, 1.165) is 4.88 Å². The maximum absolute atomic E-state index is 12.1. The maximum Gasteiger partial charge on any atom is 0.271 e. The Morgan fingerprint density at radius 1 is 1.45 bits per heavy atom. The van der Waals surface area contributed by atoms with Crippen molar-refractivity contribution in [2.45, 2.75) is 20.4 Å². The van der Waals surface area contributed by atoms with Crippen molar-refractivity contribution in [1.29, 1.82) is 0 Å². The van der Waals surface area contributed by atoms with E-state index in [9.17, 15) is 4.79 Å². The lowest BCUT2D eigenvalue weighted by molar-refractivity contribution is 0.0946. The lowest BCUT2D eigenvalue weighted by atomic mass is 10.3. The van der Waals surface area contributed by atoms with E-state index in [4.69, 9.17) is 17.4 Å². The summed E-state index contributed by atoms with van der Waals surface area (Å²) >= 11 is 7.63. The van der Waals surface area contributed by atoms with Crippen molar-refractivity contribution in [3.63, 3.8) is 0 Å². The van der Waals surface area contributed by atoms with E-state index >= 15 is 0 Å². The third-order valence-electron chi connectivity index (χ3n) is 2.85. The lowest BCUT2D eigenvalue weighted by Crippen LogP contribution is -2.24. The van der Waals surface area contributed by atoms with E-state index < -0.39 is 0 Å². The summed E-state index contributed by atoms with van der Waals surface area (Å²) in [6, 6.07) is 5.25. The number of anilines is 1. The van der Waals surface area contributed by atoms with Crippen LogP contribution in [0.3, 0.4) is 0 Å². The number of nitrogen functional groups attached to an aromatic ring is 1. The van der Waals surface area contributed by atoms with Crippen LogP contribution in [0, 0.1) is 13.8 Å². The molecule has 0 bridgehead atoms. The Hall–Kier alpha value is -1.63. The van der Waals surface area contributed by atoms with Crippen LogP contribution in [-0.4, -0.2) is 10.9 Å². The zero-order chi connectivity index (χ0) is 14.7. The first-order valence-electron chi connectivity index (χ1n) is 5.98. The topological polar surface area (TPSA) is 80.0 Å². The van der Waals surface area contributed by atoms with Gasteiger partial charge in [0.25, 0.3) is 5.91 Å². The van der Waals surface area contributed by atoms with Gasteiger partial charge in [-0.25, -0.2) is 10.8 Å². The maximum atomic E-state index is 12.1. The largest absolute Gasteiger partial charge is 0.346 e. The Kier molecular flexibility index (Phi) is 4.59. The van der Waals surface area contributed by atoms with Gasteiger partial charge in [-0.15, -0.1) is 11.3 Å². The number of nitrogens with zero attached hydrogens (tertiary/aromatic N) is 1. The van der Waals surface area contributed by atoms with Gasteiger partial charge in [0.05, 0.1) is 11.6 Å². The highest BCUT2D eigenvalue weighted by molar-refractivity contribution is 7.12. The Bertz CT molecular complexity index is 622. The van der Waals surface area contributed by atoms with Crippen molar-refractivity contribution in [1.82, 2.24) is 10.3 Å². The summed E-state index contributed by atoms with van der Waals surface area (Å²) < 4.78 is 0. The van der Waals surface area contributed by atoms with Gasteiger partial charge in [-0.3, -0.25) is 4.79 Å². The number of hydrazine groups is 1. The molecule has 0 aromatic carbocycles. The van der Waals surface area contributed by atoms with E-state index in [1.165, 1.54) is 10.4 Å².